The minimum Gasteiger partial charge on any atom is -0.485 e. The van der Waals surface area contributed by atoms with Gasteiger partial charge in [0.2, 0.25) is 5.91 Å². The van der Waals surface area contributed by atoms with Crippen LogP contribution in [0.25, 0.3) is 0 Å². The lowest BCUT2D eigenvalue weighted by Crippen LogP contribution is -2.17. The average molecular weight is 376 g/mol. The van der Waals surface area contributed by atoms with Gasteiger partial charge < -0.3 is 20.7 Å². The zero-order valence-corrected chi connectivity index (χ0v) is 13.6. The first-order chi connectivity index (χ1) is 11.6. The molecule has 0 spiro atoms. The lowest BCUT2D eigenvalue weighted by Gasteiger charge is -2.14. The number of primary amides is 1. The van der Waals surface area contributed by atoms with Crippen LogP contribution in [0.2, 0.25) is 0 Å². The van der Waals surface area contributed by atoms with Crippen molar-refractivity contribution in [3.8, 4) is 5.75 Å². The Bertz CT molecular complexity index is 878. The highest BCUT2D eigenvalue weighted by molar-refractivity contribution is 7.93. The van der Waals surface area contributed by atoms with E-state index >= 15 is 0 Å². The van der Waals surface area contributed by atoms with Gasteiger partial charge in [0.15, 0.2) is 16.5 Å². The summed E-state index contributed by atoms with van der Waals surface area (Å²) in [5.74, 6) is -1.56. The Hall–Kier alpha value is -2.89. The summed E-state index contributed by atoms with van der Waals surface area (Å²) in [6.07, 6.45) is -2.81. The number of aromatic nitrogens is 1. The first kappa shape index (κ1) is 18.4. The van der Waals surface area contributed by atoms with E-state index in [0.29, 0.717) is 0 Å². The molecule has 5 N–H and O–H groups in total. The number of alkyl halides is 2. The molecular formula is C13H14F2N4O5S. The van der Waals surface area contributed by atoms with Crippen molar-refractivity contribution in [2.24, 2.45) is 5.73 Å². The smallest absolute Gasteiger partial charge is 0.272 e. The van der Waals surface area contributed by atoms with Crippen molar-refractivity contribution in [3.05, 3.63) is 29.5 Å². The molecule has 2 aromatic rings. The van der Waals surface area contributed by atoms with Crippen molar-refractivity contribution >= 4 is 27.4 Å². The van der Waals surface area contributed by atoms with Crippen molar-refractivity contribution in [1.29, 1.82) is 0 Å². The van der Waals surface area contributed by atoms with E-state index in [1.165, 1.54) is 13.0 Å². The van der Waals surface area contributed by atoms with Crippen LogP contribution in [0.5, 0.6) is 5.75 Å². The summed E-state index contributed by atoms with van der Waals surface area (Å²) in [5.41, 5.74) is 10.3. The first-order valence-corrected chi connectivity index (χ1v) is 8.19. The van der Waals surface area contributed by atoms with Crippen LogP contribution in [0.15, 0.2) is 27.6 Å². The molecule has 1 heterocycles. The van der Waals surface area contributed by atoms with Crippen molar-refractivity contribution in [3.63, 3.8) is 0 Å². The molecule has 0 unspecified atom stereocenters. The van der Waals surface area contributed by atoms with E-state index in [2.05, 4.69) is 9.88 Å². The number of carbonyl (C=O) groups excluding carboxylic acids is 1. The fourth-order valence-electron chi connectivity index (χ4n) is 1.94. The number of anilines is 2. The van der Waals surface area contributed by atoms with E-state index in [4.69, 9.17) is 20.7 Å². The highest BCUT2D eigenvalue weighted by atomic mass is 32.2. The van der Waals surface area contributed by atoms with Crippen LogP contribution in [0.4, 0.5) is 20.3 Å². The van der Waals surface area contributed by atoms with E-state index in [9.17, 15) is 22.0 Å². The Morgan fingerprint density at radius 3 is 2.64 bits per heavy atom. The highest BCUT2D eigenvalue weighted by Gasteiger charge is 2.26. The van der Waals surface area contributed by atoms with Crippen LogP contribution in [0.3, 0.4) is 0 Å². The van der Waals surface area contributed by atoms with Crippen molar-refractivity contribution in [1.82, 2.24) is 5.16 Å². The molecule has 0 bridgehead atoms. The fourth-order valence-corrected chi connectivity index (χ4v) is 3.22. The number of benzene rings is 1. The van der Waals surface area contributed by atoms with Gasteiger partial charge in [-0.15, -0.1) is 0 Å². The summed E-state index contributed by atoms with van der Waals surface area (Å²) in [4.78, 5) is 10.8. The number of carbonyl (C=O) groups is 1. The molecule has 0 radical (unpaired) electrons. The third kappa shape index (κ3) is 4.15. The summed E-state index contributed by atoms with van der Waals surface area (Å²) in [5, 5.41) is 3.34. The van der Waals surface area contributed by atoms with Gasteiger partial charge >= 0.3 is 0 Å². The van der Waals surface area contributed by atoms with Crippen LogP contribution < -0.4 is 20.9 Å². The number of ether oxygens (including phenoxy) is 1. The second kappa shape index (κ2) is 6.93. The lowest BCUT2D eigenvalue weighted by molar-refractivity contribution is 0.0822. The average Bonchev–Trinajstić information content (AvgIpc) is 2.85. The number of nitrogen functional groups attached to an aromatic ring is 1. The van der Waals surface area contributed by atoms with Gasteiger partial charge in [-0.05, 0) is 25.1 Å². The topological polar surface area (TPSA) is 151 Å². The molecule has 0 saturated carbocycles. The Morgan fingerprint density at radius 2 is 2.12 bits per heavy atom. The number of halogens is 2. The van der Waals surface area contributed by atoms with Gasteiger partial charge in [-0.25, -0.2) is 17.2 Å². The summed E-state index contributed by atoms with van der Waals surface area (Å²) in [7, 11) is -4.24. The number of sulfonamides is 1. The fraction of sp³-hybridized carbons (Fsp3) is 0.231. The molecule has 0 aliphatic rings. The molecule has 1 amide bonds. The number of nitrogens with zero attached hydrogens (tertiary/aromatic N) is 1. The number of amides is 1. The maximum atomic E-state index is 12.4. The van der Waals surface area contributed by atoms with Gasteiger partial charge in [-0.3, -0.25) is 9.52 Å². The maximum Gasteiger partial charge on any atom is 0.272 e. The highest BCUT2D eigenvalue weighted by Crippen LogP contribution is 2.31. The number of nitrogens with one attached hydrogen (secondary N) is 1. The summed E-state index contributed by atoms with van der Waals surface area (Å²) < 4.78 is 61.3. The zero-order valence-electron chi connectivity index (χ0n) is 12.8. The van der Waals surface area contributed by atoms with Gasteiger partial charge in [0.05, 0.1) is 5.69 Å². The number of hydrogen-bond donors (Lipinski definition) is 3. The predicted octanol–water partition coefficient (Wildman–Crippen LogP) is 1.11. The molecule has 25 heavy (non-hydrogen) atoms. The third-order valence-electron chi connectivity index (χ3n) is 2.98. The van der Waals surface area contributed by atoms with E-state index in [1.54, 1.807) is 0 Å². The monoisotopic (exact) mass is 376 g/mol. The standard InChI is InChI=1S/C13H14F2N4O5S/c1-6-11(12(16)18-24-6)25(21,22)19-8-3-2-7(13(17)20)4-9(8)23-5-10(14)15/h2-4,10,19H,5H2,1H3,(H2,16,18)(H2,17,20). The van der Waals surface area contributed by atoms with Gasteiger partial charge in [-0.1, -0.05) is 5.16 Å². The molecule has 1 aromatic heterocycles. The predicted molar refractivity (Wildman–Crippen MR) is 82.9 cm³/mol. The zero-order chi connectivity index (χ0) is 18.8. The van der Waals surface area contributed by atoms with Gasteiger partial charge in [0.1, 0.15) is 12.4 Å². The molecule has 0 aliphatic heterocycles. The number of hydrogen-bond acceptors (Lipinski definition) is 7. The van der Waals surface area contributed by atoms with E-state index in [1.807, 2.05) is 0 Å². The quantitative estimate of drug-likeness (QED) is 0.655. The number of aryl methyl sites for hydroxylation is 1. The number of rotatable bonds is 7. The van der Waals surface area contributed by atoms with E-state index in [-0.39, 0.29) is 28.6 Å². The second-order valence-electron chi connectivity index (χ2n) is 4.84. The van der Waals surface area contributed by atoms with Crippen molar-refractivity contribution in [2.75, 3.05) is 17.1 Å². The van der Waals surface area contributed by atoms with Crippen LogP contribution in [0.1, 0.15) is 16.1 Å². The van der Waals surface area contributed by atoms with E-state index in [0.717, 1.165) is 12.1 Å². The summed E-state index contributed by atoms with van der Waals surface area (Å²) in [6.45, 7) is 0.327. The van der Waals surface area contributed by atoms with Crippen molar-refractivity contribution < 1.29 is 31.3 Å². The van der Waals surface area contributed by atoms with E-state index < -0.39 is 33.9 Å². The van der Waals surface area contributed by atoms with Gasteiger partial charge in [-0.2, -0.15) is 0 Å². The minimum absolute atomic E-state index is 0.0483. The molecule has 0 fully saturated rings. The van der Waals surface area contributed by atoms with Gasteiger partial charge in [0, 0.05) is 5.56 Å². The molecule has 12 heteroatoms. The lowest BCUT2D eigenvalue weighted by atomic mass is 10.2. The molecule has 1 aromatic carbocycles. The van der Waals surface area contributed by atoms with Gasteiger partial charge in [0.25, 0.3) is 16.4 Å². The first-order valence-electron chi connectivity index (χ1n) is 6.71. The Labute approximate surface area is 141 Å². The van der Waals surface area contributed by atoms with Crippen LogP contribution in [-0.2, 0) is 10.0 Å². The Morgan fingerprint density at radius 1 is 1.44 bits per heavy atom. The molecule has 0 aliphatic carbocycles. The van der Waals surface area contributed by atoms with Crippen LogP contribution >= 0.6 is 0 Å². The molecule has 136 valence electrons. The minimum atomic E-state index is -4.24. The van der Waals surface area contributed by atoms with Crippen molar-refractivity contribution in [2.45, 2.75) is 18.2 Å². The maximum absolute atomic E-state index is 12.4. The summed E-state index contributed by atoms with van der Waals surface area (Å²) in [6, 6.07) is 3.41. The largest absolute Gasteiger partial charge is 0.485 e. The number of nitrogens with two attached hydrogens (primary N) is 2. The molecule has 2 rings (SSSR count). The Kier molecular flexibility index (Phi) is 5.11. The summed E-state index contributed by atoms with van der Waals surface area (Å²) >= 11 is 0. The molecule has 0 saturated heterocycles. The molecule has 9 nitrogen and oxygen atoms in total. The van der Waals surface area contributed by atoms with Crippen LogP contribution in [-0.4, -0.2) is 32.5 Å². The van der Waals surface area contributed by atoms with Crippen LogP contribution in [0, 0.1) is 6.92 Å². The molecular weight excluding hydrogens is 362 g/mol. The Balaban J connectivity index is 2.42. The SMILES string of the molecule is Cc1onc(N)c1S(=O)(=O)Nc1ccc(C(N)=O)cc1OCC(F)F. The molecule has 0 atom stereocenters. The normalized spacial score (nSPS) is 11.5. The third-order valence-corrected chi connectivity index (χ3v) is 4.50. The second-order valence-corrected chi connectivity index (χ2v) is 6.46.